The Morgan fingerprint density at radius 2 is 1.85 bits per heavy atom. The molecule has 1 N–H and O–H groups in total. The molecule has 0 fully saturated rings. The van der Waals surface area contributed by atoms with Gasteiger partial charge in [0.15, 0.2) is 0 Å². The highest BCUT2D eigenvalue weighted by molar-refractivity contribution is 9.10. The van der Waals surface area contributed by atoms with Crippen LogP contribution in [0.2, 0.25) is 0 Å². The van der Waals surface area contributed by atoms with Crippen molar-refractivity contribution >= 4 is 15.9 Å². The fourth-order valence-electron chi connectivity index (χ4n) is 2.40. The Morgan fingerprint density at radius 3 is 2.55 bits per heavy atom. The molecular weight excluding hydrogens is 317 g/mol. The molecule has 20 heavy (non-hydrogen) atoms. The van der Waals surface area contributed by atoms with Crippen molar-refractivity contribution in [3.05, 3.63) is 69.9 Å². The van der Waals surface area contributed by atoms with E-state index in [0.717, 1.165) is 24.8 Å². The van der Waals surface area contributed by atoms with Crippen LogP contribution in [0.4, 0.5) is 4.39 Å². The number of hydrogen-bond donors (Lipinski definition) is 1. The Labute approximate surface area is 128 Å². The Kier molecular flexibility index (Phi) is 5.74. The molecule has 0 saturated heterocycles. The lowest BCUT2D eigenvalue weighted by molar-refractivity contribution is 0.526. The predicted molar refractivity (Wildman–Crippen MR) is 85.3 cm³/mol. The van der Waals surface area contributed by atoms with E-state index >= 15 is 0 Å². The van der Waals surface area contributed by atoms with Crippen LogP contribution < -0.4 is 5.32 Å². The van der Waals surface area contributed by atoms with Crippen molar-refractivity contribution in [3.8, 4) is 0 Å². The molecule has 0 aliphatic rings. The van der Waals surface area contributed by atoms with Crippen LogP contribution >= 0.6 is 15.9 Å². The van der Waals surface area contributed by atoms with Crippen LogP contribution in [0.25, 0.3) is 0 Å². The molecule has 106 valence electrons. The lowest BCUT2D eigenvalue weighted by Gasteiger charge is -2.16. The molecule has 0 radical (unpaired) electrons. The summed E-state index contributed by atoms with van der Waals surface area (Å²) in [6.07, 6.45) is 2.93. The summed E-state index contributed by atoms with van der Waals surface area (Å²) in [5.74, 6) is -0.185. The lowest BCUT2D eigenvalue weighted by Crippen LogP contribution is -2.16. The minimum Gasteiger partial charge on any atom is -0.313 e. The van der Waals surface area contributed by atoms with Gasteiger partial charge in [0.1, 0.15) is 5.82 Å². The zero-order valence-corrected chi connectivity index (χ0v) is 13.2. The van der Waals surface area contributed by atoms with Crippen LogP contribution in [0.1, 0.15) is 30.0 Å². The highest BCUT2D eigenvalue weighted by Crippen LogP contribution is 2.24. The largest absolute Gasteiger partial charge is 0.313 e. The van der Waals surface area contributed by atoms with Crippen LogP contribution in [0.3, 0.4) is 0 Å². The quantitative estimate of drug-likeness (QED) is 0.793. The van der Waals surface area contributed by atoms with Crippen LogP contribution in [-0.4, -0.2) is 7.05 Å². The molecule has 0 aliphatic heterocycles. The number of benzene rings is 2. The molecule has 2 aromatic carbocycles. The number of hydrogen-bond acceptors (Lipinski definition) is 1. The molecule has 0 spiro atoms. The van der Waals surface area contributed by atoms with Gasteiger partial charge in [0.05, 0.1) is 4.47 Å². The lowest BCUT2D eigenvalue weighted by atomic mass is 9.99. The van der Waals surface area contributed by atoms with E-state index in [1.54, 1.807) is 6.07 Å². The number of rotatable bonds is 6. The first-order valence-electron chi connectivity index (χ1n) is 6.87. The van der Waals surface area contributed by atoms with Gasteiger partial charge in [-0.25, -0.2) is 4.39 Å². The summed E-state index contributed by atoms with van der Waals surface area (Å²) in [6, 6.07) is 16.0. The van der Waals surface area contributed by atoms with E-state index in [9.17, 15) is 4.39 Å². The van der Waals surface area contributed by atoms with E-state index in [4.69, 9.17) is 0 Å². The second kappa shape index (κ2) is 7.55. The molecule has 0 aliphatic carbocycles. The van der Waals surface area contributed by atoms with Crippen LogP contribution in [0.5, 0.6) is 0 Å². The zero-order chi connectivity index (χ0) is 14.4. The van der Waals surface area contributed by atoms with E-state index in [2.05, 4.69) is 45.5 Å². The summed E-state index contributed by atoms with van der Waals surface area (Å²) in [5.41, 5.74) is 2.33. The van der Waals surface area contributed by atoms with Gasteiger partial charge in [-0.1, -0.05) is 42.5 Å². The van der Waals surface area contributed by atoms with E-state index in [1.807, 2.05) is 19.2 Å². The highest BCUT2D eigenvalue weighted by atomic mass is 79.9. The molecule has 2 aromatic rings. The fourth-order valence-corrected chi connectivity index (χ4v) is 2.86. The summed E-state index contributed by atoms with van der Waals surface area (Å²) in [6.45, 7) is 0. The molecule has 1 nitrogen and oxygen atoms in total. The maximum absolute atomic E-state index is 13.4. The maximum atomic E-state index is 13.4. The fraction of sp³-hybridized carbons (Fsp3) is 0.294. The summed E-state index contributed by atoms with van der Waals surface area (Å²) < 4.78 is 14.0. The topological polar surface area (TPSA) is 12.0 Å². The molecule has 0 saturated carbocycles. The van der Waals surface area contributed by atoms with Gasteiger partial charge in [-0.15, -0.1) is 0 Å². The van der Waals surface area contributed by atoms with Gasteiger partial charge in [-0.2, -0.15) is 0 Å². The smallest absolute Gasteiger partial charge is 0.137 e. The molecule has 1 unspecified atom stereocenters. The van der Waals surface area contributed by atoms with Gasteiger partial charge in [-0.05, 0) is 59.4 Å². The minimum atomic E-state index is -0.185. The average molecular weight is 336 g/mol. The van der Waals surface area contributed by atoms with E-state index in [-0.39, 0.29) is 5.82 Å². The summed E-state index contributed by atoms with van der Waals surface area (Å²) in [7, 11) is 1.98. The number of halogens is 2. The van der Waals surface area contributed by atoms with Gasteiger partial charge in [0, 0.05) is 6.04 Å². The van der Waals surface area contributed by atoms with Crippen molar-refractivity contribution in [1.29, 1.82) is 0 Å². The van der Waals surface area contributed by atoms with Crippen LogP contribution in [0.15, 0.2) is 53.0 Å². The third-order valence-electron chi connectivity index (χ3n) is 3.52. The van der Waals surface area contributed by atoms with Crippen LogP contribution in [-0.2, 0) is 6.42 Å². The van der Waals surface area contributed by atoms with Crippen molar-refractivity contribution < 1.29 is 4.39 Å². The van der Waals surface area contributed by atoms with Gasteiger partial charge in [-0.3, -0.25) is 0 Å². The third kappa shape index (κ3) is 3.90. The van der Waals surface area contributed by atoms with E-state index < -0.39 is 0 Å². The van der Waals surface area contributed by atoms with E-state index in [0.29, 0.717) is 10.5 Å². The summed E-state index contributed by atoms with van der Waals surface area (Å²) in [4.78, 5) is 0. The summed E-state index contributed by atoms with van der Waals surface area (Å²) in [5, 5.41) is 3.34. The van der Waals surface area contributed by atoms with Crippen LogP contribution in [0, 0.1) is 5.82 Å². The van der Waals surface area contributed by atoms with Crippen molar-refractivity contribution in [2.75, 3.05) is 7.05 Å². The average Bonchev–Trinajstić information content (AvgIpc) is 2.49. The SMILES string of the molecule is CNC(CCCc1cccc(F)c1Br)c1ccccc1. The Morgan fingerprint density at radius 1 is 1.10 bits per heavy atom. The van der Waals surface area contributed by atoms with Crippen molar-refractivity contribution in [1.82, 2.24) is 5.32 Å². The molecule has 0 aromatic heterocycles. The second-order valence-electron chi connectivity index (χ2n) is 4.86. The molecule has 2 rings (SSSR count). The second-order valence-corrected chi connectivity index (χ2v) is 5.65. The normalized spacial score (nSPS) is 12.3. The monoisotopic (exact) mass is 335 g/mol. The molecule has 0 bridgehead atoms. The Hall–Kier alpha value is -1.19. The molecular formula is C17H19BrFN. The Bertz CT molecular complexity index is 542. The first kappa shape index (κ1) is 15.2. The highest BCUT2D eigenvalue weighted by Gasteiger charge is 2.10. The molecule has 0 amide bonds. The first-order valence-corrected chi connectivity index (χ1v) is 7.66. The van der Waals surface area contributed by atoms with Crippen molar-refractivity contribution in [2.45, 2.75) is 25.3 Å². The molecule has 3 heteroatoms. The number of aryl methyl sites for hydroxylation is 1. The molecule has 0 heterocycles. The Balaban J connectivity index is 1.93. The molecule has 1 atom stereocenters. The zero-order valence-electron chi connectivity index (χ0n) is 11.6. The number of nitrogens with one attached hydrogen (secondary N) is 1. The standard InChI is InChI=1S/C17H19BrFN/c1-20-16(13-7-3-2-4-8-13)12-6-10-14-9-5-11-15(19)17(14)18/h2-5,7-9,11,16,20H,6,10,12H2,1H3. The van der Waals surface area contributed by atoms with Gasteiger partial charge >= 0.3 is 0 Å². The summed E-state index contributed by atoms with van der Waals surface area (Å²) >= 11 is 3.32. The first-order chi connectivity index (χ1) is 9.72. The van der Waals surface area contributed by atoms with Crippen molar-refractivity contribution in [2.24, 2.45) is 0 Å². The maximum Gasteiger partial charge on any atom is 0.137 e. The van der Waals surface area contributed by atoms with E-state index in [1.165, 1.54) is 11.6 Å². The minimum absolute atomic E-state index is 0.185. The third-order valence-corrected chi connectivity index (χ3v) is 4.41. The van der Waals surface area contributed by atoms with Crippen molar-refractivity contribution in [3.63, 3.8) is 0 Å². The van der Waals surface area contributed by atoms with Gasteiger partial charge < -0.3 is 5.32 Å². The van der Waals surface area contributed by atoms with Gasteiger partial charge in [0.2, 0.25) is 0 Å². The van der Waals surface area contributed by atoms with Gasteiger partial charge in [0.25, 0.3) is 0 Å². The predicted octanol–water partition coefficient (Wildman–Crippen LogP) is 4.87.